The molecule has 5 rings (SSSR count). The van der Waals surface area contributed by atoms with Crippen molar-refractivity contribution in [2.24, 2.45) is 0 Å². The summed E-state index contributed by atoms with van der Waals surface area (Å²) in [6.45, 7) is 4.50. The summed E-state index contributed by atoms with van der Waals surface area (Å²) in [5.41, 5.74) is 4.52. The zero-order chi connectivity index (χ0) is 22.1. The fourth-order valence-electron chi connectivity index (χ4n) is 4.90. The minimum Gasteiger partial charge on any atom is -0.368 e. The van der Waals surface area contributed by atoms with Crippen LogP contribution in [0.5, 0.6) is 0 Å². The van der Waals surface area contributed by atoms with Crippen LogP contribution in [0.2, 0.25) is 0 Å². The Balaban J connectivity index is 1.32. The summed E-state index contributed by atoms with van der Waals surface area (Å²) in [6.07, 6.45) is 4.90. The summed E-state index contributed by atoms with van der Waals surface area (Å²) in [4.78, 5) is 21.3. The highest BCUT2D eigenvalue weighted by Crippen LogP contribution is 2.30. The smallest absolute Gasteiger partial charge is 0.317 e. The van der Waals surface area contributed by atoms with Crippen molar-refractivity contribution in [2.75, 3.05) is 24.5 Å². The zero-order valence-corrected chi connectivity index (χ0v) is 18.3. The van der Waals surface area contributed by atoms with Crippen LogP contribution in [0.4, 0.5) is 10.5 Å². The van der Waals surface area contributed by atoms with Crippen LogP contribution >= 0.6 is 0 Å². The van der Waals surface area contributed by atoms with Crippen LogP contribution in [-0.2, 0) is 0 Å². The fourth-order valence-corrected chi connectivity index (χ4v) is 4.90. The lowest BCUT2D eigenvalue weighted by molar-refractivity contribution is 0.193. The molecule has 0 spiro atoms. The number of hydrogen-bond acceptors (Lipinski definition) is 4. The van der Waals surface area contributed by atoms with Crippen molar-refractivity contribution in [1.29, 1.82) is 5.26 Å². The third-order valence-electron chi connectivity index (χ3n) is 6.71. The van der Waals surface area contributed by atoms with Gasteiger partial charge in [-0.1, -0.05) is 24.3 Å². The van der Waals surface area contributed by atoms with Crippen molar-refractivity contribution in [3.63, 3.8) is 0 Å². The van der Waals surface area contributed by atoms with Crippen molar-refractivity contribution in [3.8, 4) is 17.2 Å². The number of fused-ring (bicyclic) bond motifs is 1. The summed E-state index contributed by atoms with van der Waals surface area (Å²) in [6, 6.07) is 19.0. The van der Waals surface area contributed by atoms with Crippen LogP contribution in [0.15, 0.2) is 54.7 Å². The molecule has 2 aliphatic heterocycles. The largest absolute Gasteiger partial charge is 0.368 e. The molecule has 2 amide bonds. The van der Waals surface area contributed by atoms with E-state index in [2.05, 4.69) is 40.3 Å². The van der Waals surface area contributed by atoms with E-state index in [-0.39, 0.29) is 12.1 Å². The van der Waals surface area contributed by atoms with Crippen LogP contribution in [0.3, 0.4) is 0 Å². The van der Waals surface area contributed by atoms with E-state index in [1.54, 1.807) is 0 Å². The molecule has 6 heteroatoms. The molecule has 2 aliphatic rings. The number of pyridine rings is 1. The average Bonchev–Trinajstić information content (AvgIpc) is 3.47. The monoisotopic (exact) mass is 425 g/mol. The molecule has 3 heterocycles. The van der Waals surface area contributed by atoms with Crippen molar-refractivity contribution in [2.45, 2.75) is 38.3 Å². The number of amides is 2. The molecule has 1 N–H and O–H groups in total. The molecule has 2 aromatic carbocycles. The summed E-state index contributed by atoms with van der Waals surface area (Å²) in [5.74, 6) is 0. The predicted octanol–water partition coefficient (Wildman–Crippen LogP) is 4.55. The lowest BCUT2D eigenvalue weighted by Gasteiger charge is -2.25. The molecule has 162 valence electrons. The van der Waals surface area contributed by atoms with Gasteiger partial charge in [-0.3, -0.25) is 4.98 Å². The van der Waals surface area contributed by atoms with Gasteiger partial charge in [0.2, 0.25) is 0 Å². The Morgan fingerprint density at radius 3 is 2.81 bits per heavy atom. The number of hydrogen-bond donors (Lipinski definition) is 1. The second-order valence-electron chi connectivity index (χ2n) is 8.83. The van der Waals surface area contributed by atoms with E-state index >= 15 is 0 Å². The van der Waals surface area contributed by atoms with Gasteiger partial charge in [0.15, 0.2) is 0 Å². The Kier molecular flexibility index (Phi) is 5.40. The summed E-state index contributed by atoms with van der Waals surface area (Å²) < 4.78 is 0. The second kappa shape index (κ2) is 8.51. The van der Waals surface area contributed by atoms with Crippen molar-refractivity contribution in [1.82, 2.24) is 15.2 Å². The van der Waals surface area contributed by atoms with Crippen molar-refractivity contribution < 1.29 is 4.79 Å². The Morgan fingerprint density at radius 2 is 2.00 bits per heavy atom. The highest BCUT2D eigenvalue weighted by Gasteiger charge is 2.30. The van der Waals surface area contributed by atoms with Gasteiger partial charge in [-0.2, -0.15) is 5.26 Å². The topological polar surface area (TPSA) is 72.3 Å². The molecule has 2 fully saturated rings. The van der Waals surface area contributed by atoms with Gasteiger partial charge in [0, 0.05) is 48.9 Å². The molecule has 0 aliphatic carbocycles. The number of nitrogens with zero attached hydrogens (tertiary/aromatic N) is 4. The van der Waals surface area contributed by atoms with Crippen molar-refractivity contribution >= 4 is 22.6 Å². The van der Waals surface area contributed by atoms with E-state index in [9.17, 15) is 10.1 Å². The number of benzene rings is 2. The predicted molar refractivity (Wildman–Crippen MR) is 126 cm³/mol. The highest BCUT2D eigenvalue weighted by molar-refractivity contribution is 5.84. The number of nitrogens with one attached hydrogen (secondary N) is 1. The quantitative estimate of drug-likeness (QED) is 0.668. The lowest BCUT2D eigenvalue weighted by atomic mass is 10.0. The molecule has 3 aromatic rings. The number of aromatic nitrogens is 1. The van der Waals surface area contributed by atoms with Crippen LogP contribution in [0.25, 0.3) is 22.0 Å². The molecule has 2 saturated heterocycles. The first-order valence-corrected chi connectivity index (χ1v) is 11.3. The van der Waals surface area contributed by atoms with Crippen LogP contribution in [0.1, 0.15) is 31.7 Å². The van der Waals surface area contributed by atoms with E-state index in [1.165, 1.54) is 0 Å². The Labute approximate surface area is 188 Å². The van der Waals surface area contributed by atoms with E-state index in [1.807, 2.05) is 47.5 Å². The number of anilines is 1. The van der Waals surface area contributed by atoms with Crippen molar-refractivity contribution in [3.05, 3.63) is 60.3 Å². The van der Waals surface area contributed by atoms with E-state index in [0.717, 1.165) is 66.6 Å². The SMILES string of the molecule is C[C@@H]1CCCN1C(=O)N[C@H]1CCN(c2ccc(-c3cnc4ccccc4c3)cc2C#N)C1. The molecule has 0 bridgehead atoms. The fraction of sp³-hybridized carbons (Fsp3) is 0.346. The summed E-state index contributed by atoms with van der Waals surface area (Å²) in [5, 5.41) is 14.1. The standard InChI is InChI=1S/C26H27N5O/c1-18-5-4-11-31(18)26(32)29-23-10-12-30(17-23)25-9-8-19(13-21(25)15-27)22-14-20-6-2-3-7-24(20)28-16-22/h2-3,6-9,13-14,16,18,23H,4-5,10-12,17H2,1H3,(H,29,32)/t18-,23+/m1/s1. The van der Waals surface area contributed by atoms with Gasteiger partial charge in [-0.25, -0.2) is 4.79 Å². The number of urea groups is 1. The van der Waals surface area contributed by atoms with Gasteiger partial charge in [-0.15, -0.1) is 0 Å². The highest BCUT2D eigenvalue weighted by atomic mass is 16.2. The second-order valence-corrected chi connectivity index (χ2v) is 8.83. The lowest BCUT2D eigenvalue weighted by Crippen LogP contribution is -2.47. The van der Waals surface area contributed by atoms with Crippen LogP contribution in [-0.4, -0.2) is 47.6 Å². The number of likely N-dealkylation sites (tertiary alicyclic amines) is 1. The van der Waals surface area contributed by atoms with Gasteiger partial charge in [-0.05, 0) is 56.0 Å². The van der Waals surface area contributed by atoms with Gasteiger partial charge < -0.3 is 15.1 Å². The Hall–Kier alpha value is -3.59. The molecule has 1 aromatic heterocycles. The molecule has 0 unspecified atom stereocenters. The maximum Gasteiger partial charge on any atom is 0.317 e. The summed E-state index contributed by atoms with van der Waals surface area (Å²) >= 11 is 0. The maximum atomic E-state index is 12.6. The van der Waals surface area contributed by atoms with Gasteiger partial charge in [0.25, 0.3) is 0 Å². The molecule has 6 nitrogen and oxygen atoms in total. The molecule has 0 radical (unpaired) electrons. The van der Waals surface area contributed by atoms with Gasteiger partial charge >= 0.3 is 6.03 Å². The number of para-hydroxylation sites is 1. The Morgan fingerprint density at radius 1 is 1.12 bits per heavy atom. The van der Waals surface area contributed by atoms with E-state index in [4.69, 9.17) is 0 Å². The van der Waals surface area contributed by atoms with Crippen LogP contribution < -0.4 is 10.2 Å². The molecular formula is C26H27N5O. The minimum atomic E-state index is 0.0431. The molecule has 0 saturated carbocycles. The van der Waals surface area contributed by atoms with Gasteiger partial charge in [0.05, 0.1) is 16.8 Å². The molecule has 32 heavy (non-hydrogen) atoms. The van der Waals surface area contributed by atoms with Gasteiger partial charge in [0.1, 0.15) is 6.07 Å². The number of rotatable bonds is 3. The number of nitriles is 1. The Bertz CT molecular complexity index is 1200. The number of carbonyl (C=O) groups excluding carboxylic acids is 1. The normalized spacial score (nSPS) is 20.5. The first-order chi connectivity index (χ1) is 15.6. The number of carbonyl (C=O) groups is 1. The first-order valence-electron chi connectivity index (χ1n) is 11.3. The average molecular weight is 426 g/mol. The minimum absolute atomic E-state index is 0.0431. The summed E-state index contributed by atoms with van der Waals surface area (Å²) in [7, 11) is 0. The maximum absolute atomic E-state index is 12.6. The molecule has 2 atom stereocenters. The molecular weight excluding hydrogens is 398 g/mol. The first kappa shape index (κ1) is 20.3. The van der Waals surface area contributed by atoms with E-state index < -0.39 is 0 Å². The van der Waals surface area contributed by atoms with Crippen LogP contribution in [0, 0.1) is 11.3 Å². The third kappa shape index (κ3) is 3.87. The van der Waals surface area contributed by atoms with E-state index in [0.29, 0.717) is 11.6 Å². The third-order valence-corrected chi connectivity index (χ3v) is 6.71. The zero-order valence-electron chi connectivity index (χ0n) is 18.3.